The Balaban J connectivity index is 2.22. The topological polar surface area (TPSA) is 112 Å². The van der Waals surface area contributed by atoms with E-state index < -0.39 is 47.2 Å². The summed E-state index contributed by atoms with van der Waals surface area (Å²) in [4.78, 5) is 16.6. The van der Waals surface area contributed by atoms with E-state index in [9.17, 15) is 20.1 Å². The summed E-state index contributed by atoms with van der Waals surface area (Å²) in [5.74, 6) is -0.451. The fourth-order valence-electron chi connectivity index (χ4n) is 2.77. The van der Waals surface area contributed by atoms with Gasteiger partial charge in [-0.25, -0.2) is 0 Å². The van der Waals surface area contributed by atoms with Crippen LogP contribution in [0.5, 0.6) is 0 Å². The van der Waals surface area contributed by atoms with Gasteiger partial charge in [-0.05, 0) is 31.7 Å². The van der Waals surface area contributed by atoms with Gasteiger partial charge < -0.3 is 25.4 Å². The Morgan fingerprint density at radius 3 is 2.60 bits per heavy atom. The number of aliphatic hydroxyl groups excluding tert-OH is 3. The molecule has 25 heavy (non-hydrogen) atoms. The van der Waals surface area contributed by atoms with Crippen LogP contribution in [-0.4, -0.2) is 73.7 Å². The number of carbonyl (C=O) groups excluding carboxylic acids is 1. The van der Waals surface area contributed by atoms with Crippen molar-refractivity contribution < 1.29 is 24.9 Å². The molecule has 0 aromatic carbocycles. The lowest BCUT2D eigenvalue weighted by Crippen LogP contribution is -2.64. The number of hydrogen-bond donors (Lipinski definition) is 4. The molecule has 0 radical (unpaired) electrons. The van der Waals surface area contributed by atoms with Crippen LogP contribution in [-0.2, 0) is 4.74 Å². The molecule has 0 bridgehead atoms. The quantitative estimate of drug-likeness (QED) is 0.534. The van der Waals surface area contributed by atoms with Crippen molar-refractivity contribution >= 4 is 29.3 Å². The third-order valence-electron chi connectivity index (χ3n) is 4.21. The summed E-state index contributed by atoms with van der Waals surface area (Å²) in [6.45, 7) is 3.41. The Hall–Kier alpha value is -0.900. The van der Waals surface area contributed by atoms with Gasteiger partial charge in [-0.1, -0.05) is 6.07 Å². The van der Waals surface area contributed by atoms with Gasteiger partial charge in [0.1, 0.15) is 35.5 Å². The zero-order valence-electron chi connectivity index (χ0n) is 14.2. The lowest BCUT2D eigenvalue weighted by atomic mass is 9.93. The Kier molecular flexibility index (Phi) is 7.07. The van der Waals surface area contributed by atoms with Crippen molar-refractivity contribution in [2.75, 3.05) is 6.26 Å². The van der Waals surface area contributed by atoms with E-state index in [-0.39, 0.29) is 5.69 Å². The molecule has 1 aliphatic rings. The minimum Gasteiger partial charge on any atom is -0.388 e. The molecule has 0 aliphatic carbocycles. The van der Waals surface area contributed by atoms with Gasteiger partial charge in [0.15, 0.2) is 0 Å². The highest BCUT2D eigenvalue weighted by Gasteiger charge is 2.47. The number of carbonyl (C=O) groups is 1. The highest BCUT2D eigenvalue weighted by Crippen LogP contribution is 2.30. The van der Waals surface area contributed by atoms with Gasteiger partial charge in [0.2, 0.25) is 0 Å². The molecule has 2 heterocycles. The van der Waals surface area contributed by atoms with E-state index in [1.54, 1.807) is 32.2 Å². The number of nitrogens with zero attached hydrogens (tertiary/aromatic N) is 1. The third kappa shape index (κ3) is 4.45. The van der Waals surface area contributed by atoms with Crippen LogP contribution in [0.4, 0.5) is 0 Å². The Morgan fingerprint density at radius 1 is 1.36 bits per heavy atom. The molecule has 1 aromatic heterocycles. The van der Waals surface area contributed by atoms with E-state index in [2.05, 4.69) is 10.3 Å². The van der Waals surface area contributed by atoms with E-state index in [0.29, 0.717) is 5.56 Å². The van der Waals surface area contributed by atoms with Crippen molar-refractivity contribution in [2.24, 2.45) is 0 Å². The van der Waals surface area contributed by atoms with Gasteiger partial charge in [0, 0.05) is 6.20 Å². The summed E-state index contributed by atoms with van der Waals surface area (Å²) in [7, 11) is 0. The summed E-state index contributed by atoms with van der Waals surface area (Å²) in [5.41, 5.74) is 0.204. The first-order valence-corrected chi connectivity index (χ1v) is 9.59. The van der Waals surface area contributed by atoms with Crippen LogP contribution < -0.4 is 5.32 Å². The van der Waals surface area contributed by atoms with E-state index >= 15 is 0 Å². The Labute approximate surface area is 155 Å². The fraction of sp³-hybridized carbons (Fsp3) is 0.625. The average Bonchev–Trinajstić information content (AvgIpc) is 2.58. The first-order valence-electron chi connectivity index (χ1n) is 7.87. The number of thioether (sulfide) groups is 1. The number of nitrogens with one attached hydrogen (secondary N) is 1. The molecule has 7 unspecified atom stereocenters. The molecule has 1 fully saturated rings. The monoisotopic (exact) mass is 390 g/mol. The molecule has 0 spiro atoms. The normalized spacial score (nSPS) is 32.0. The number of alkyl halides is 1. The minimum absolute atomic E-state index is 0.247. The molecule has 1 aromatic rings. The Morgan fingerprint density at radius 2 is 2.04 bits per heavy atom. The maximum atomic E-state index is 12.5. The molecule has 1 amide bonds. The second-order valence-corrected chi connectivity index (χ2v) is 7.65. The van der Waals surface area contributed by atoms with Crippen LogP contribution in [0.3, 0.4) is 0 Å². The molecule has 1 saturated heterocycles. The second kappa shape index (κ2) is 8.66. The van der Waals surface area contributed by atoms with E-state index in [0.717, 1.165) is 0 Å². The number of ether oxygens (including phenoxy) is 1. The lowest BCUT2D eigenvalue weighted by molar-refractivity contribution is -0.204. The van der Waals surface area contributed by atoms with Crippen LogP contribution in [0.1, 0.15) is 23.0 Å². The van der Waals surface area contributed by atoms with Crippen molar-refractivity contribution in [1.29, 1.82) is 0 Å². The number of pyridine rings is 1. The molecule has 1 aliphatic heterocycles. The van der Waals surface area contributed by atoms with Gasteiger partial charge in [0.25, 0.3) is 5.91 Å². The zero-order chi connectivity index (χ0) is 18.7. The molecule has 7 nitrogen and oxygen atoms in total. The number of aromatic nitrogens is 1. The van der Waals surface area contributed by atoms with E-state index in [4.69, 9.17) is 16.3 Å². The average molecular weight is 391 g/mol. The number of hydrogen-bond acceptors (Lipinski definition) is 7. The Bertz CT molecular complexity index is 604. The first kappa shape index (κ1) is 20.4. The predicted molar refractivity (Wildman–Crippen MR) is 95.7 cm³/mol. The minimum atomic E-state index is -1.40. The molecular formula is C16H23ClN2O5S. The van der Waals surface area contributed by atoms with Gasteiger partial charge in [-0.2, -0.15) is 0 Å². The number of aliphatic hydroxyl groups is 3. The maximum Gasteiger partial charge on any atom is 0.270 e. The van der Waals surface area contributed by atoms with E-state index in [1.807, 2.05) is 0 Å². The summed E-state index contributed by atoms with van der Waals surface area (Å²) < 4.78 is 5.70. The van der Waals surface area contributed by atoms with Crippen molar-refractivity contribution in [1.82, 2.24) is 10.3 Å². The van der Waals surface area contributed by atoms with Crippen LogP contribution in [0, 0.1) is 6.92 Å². The van der Waals surface area contributed by atoms with Crippen LogP contribution in [0.25, 0.3) is 0 Å². The predicted octanol–water partition coefficient (Wildman–Crippen LogP) is 0.286. The molecule has 7 atom stereocenters. The van der Waals surface area contributed by atoms with Gasteiger partial charge in [-0.15, -0.1) is 23.4 Å². The SMILES string of the molecule is CSC1OC(C(NC(=O)c2ncccc2C)C(C)Cl)C(O)C(O)C1O. The lowest BCUT2D eigenvalue weighted by Gasteiger charge is -2.43. The third-order valence-corrected chi connectivity index (χ3v) is 5.34. The number of amides is 1. The van der Waals surface area contributed by atoms with Crippen molar-refractivity contribution in [2.45, 2.75) is 55.1 Å². The highest BCUT2D eigenvalue weighted by atomic mass is 35.5. The van der Waals surface area contributed by atoms with Gasteiger partial charge >= 0.3 is 0 Å². The molecular weight excluding hydrogens is 368 g/mol. The number of rotatable bonds is 5. The van der Waals surface area contributed by atoms with Crippen LogP contribution in [0.15, 0.2) is 18.3 Å². The van der Waals surface area contributed by atoms with Crippen molar-refractivity contribution in [3.05, 3.63) is 29.6 Å². The standard InChI is InChI=1S/C16H23ClN2O5S/c1-7-5-4-6-18-9(7)15(23)19-10(8(2)17)14-12(21)11(20)13(22)16(24-14)25-3/h4-6,8,10-14,16,20-22H,1-3H3,(H,19,23). The van der Waals surface area contributed by atoms with Crippen molar-refractivity contribution in [3.63, 3.8) is 0 Å². The summed E-state index contributed by atoms with van der Waals surface area (Å²) in [6.07, 6.45) is -1.78. The second-order valence-electron chi connectivity index (χ2n) is 6.02. The maximum absolute atomic E-state index is 12.5. The molecule has 140 valence electrons. The summed E-state index contributed by atoms with van der Waals surface area (Å²) >= 11 is 7.41. The summed E-state index contributed by atoms with van der Waals surface area (Å²) in [5, 5.41) is 32.5. The molecule has 0 saturated carbocycles. The van der Waals surface area contributed by atoms with Crippen molar-refractivity contribution in [3.8, 4) is 0 Å². The molecule has 9 heteroatoms. The van der Waals surface area contributed by atoms with E-state index in [1.165, 1.54) is 18.0 Å². The molecule has 2 rings (SSSR count). The number of halogens is 1. The first-order chi connectivity index (χ1) is 11.8. The largest absolute Gasteiger partial charge is 0.388 e. The highest BCUT2D eigenvalue weighted by molar-refractivity contribution is 7.99. The van der Waals surface area contributed by atoms with Crippen LogP contribution >= 0.6 is 23.4 Å². The number of aryl methyl sites for hydroxylation is 1. The zero-order valence-corrected chi connectivity index (χ0v) is 15.7. The van der Waals surface area contributed by atoms with Crippen LogP contribution in [0.2, 0.25) is 0 Å². The molecule has 4 N–H and O–H groups in total. The smallest absolute Gasteiger partial charge is 0.270 e. The van der Waals surface area contributed by atoms with Gasteiger partial charge in [-0.3, -0.25) is 9.78 Å². The van der Waals surface area contributed by atoms with Gasteiger partial charge in [0.05, 0.1) is 11.4 Å². The summed E-state index contributed by atoms with van der Waals surface area (Å²) in [6, 6.07) is 2.70. The fourth-order valence-corrected chi connectivity index (χ4v) is 3.65.